The molecule has 0 aliphatic carbocycles. The average molecular weight is 286 g/mol. The second-order valence-corrected chi connectivity index (χ2v) is 6.30. The Hall–Kier alpha value is -0.370. The Kier molecular flexibility index (Phi) is 6.39. The number of piperazine rings is 1. The first kappa shape index (κ1) is 16.6. The Bertz CT molecular complexity index is 360. The number of sulfonamides is 1. The lowest BCUT2D eigenvalue weighted by molar-refractivity contribution is -0.132. The summed E-state index contributed by atoms with van der Waals surface area (Å²) >= 11 is 0. The highest BCUT2D eigenvalue weighted by Crippen LogP contribution is 2.01. The van der Waals surface area contributed by atoms with Gasteiger partial charge in [-0.3, -0.25) is 4.79 Å². The van der Waals surface area contributed by atoms with E-state index in [1.165, 1.54) is 7.05 Å². The minimum atomic E-state index is -3.28. The molecule has 102 valence electrons. The predicted octanol–water partition coefficient (Wildman–Crippen LogP) is -0.880. The van der Waals surface area contributed by atoms with Crippen molar-refractivity contribution in [3.05, 3.63) is 0 Å². The van der Waals surface area contributed by atoms with Crippen molar-refractivity contribution in [2.45, 2.75) is 13.0 Å². The minimum Gasteiger partial charge on any atom is -0.339 e. The van der Waals surface area contributed by atoms with E-state index in [9.17, 15) is 13.2 Å². The monoisotopic (exact) mass is 285 g/mol. The van der Waals surface area contributed by atoms with Crippen LogP contribution in [0.5, 0.6) is 0 Å². The van der Waals surface area contributed by atoms with Crippen LogP contribution in [0, 0.1) is 0 Å². The average Bonchev–Trinajstić information content (AvgIpc) is 2.16. The molecule has 1 aliphatic rings. The van der Waals surface area contributed by atoms with Crippen LogP contribution in [0.2, 0.25) is 0 Å². The number of hydrogen-bond donors (Lipinski definition) is 1. The van der Waals surface area contributed by atoms with Gasteiger partial charge in [0.05, 0.1) is 12.8 Å². The molecule has 0 saturated carbocycles. The number of carbonyl (C=O) groups excluding carboxylic acids is 1. The van der Waals surface area contributed by atoms with E-state index in [1.807, 2.05) is 6.92 Å². The lowest BCUT2D eigenvalue weighted by Gasteiger charge is -2.32. The van der Waals surface area contributed by atoms with Gasteiger partial charge in [0, 0.05) is 32.7 Å². The second-order valence-electron chi connectivity index (χ2n) is 4.21. The molecule has 1 rings (SSSR count). The van der Waals surface area contributed by atoms with E-state index in [1.54, 1.807) is 4.90 Å². The number of carbonyl (C=O) groups is 1. The van der Waals surface area contributed by atoms with Gasteiger partial charge < -0.3 is 10.2 Å². The van der Waals surface area contributed by atoms with Crippen molar-refractivity contribution in [3.63, 3.8) is 0 Å². The van der Waals surface area contributed by atoms with Gasteiger partial charge in [-0.05, 0) is 6.92 Å². The molecule has 0 aromatic rings. The molecule has 6 nitrogen and oxygen atoms in total. The van der Waals surface area contributed by atoms with Crippen LogP contribution in [0.4, 0.5) is 0 Å². The normalized spacial score (nSPS) is 21.2. The molecular weight excluding hydrogens is 266 g/mol. The van der Waals surface area contributed by atoms with E-state index in [0.717, 1.165) is 17.1 Å². The summed E-state index contributed by atoms with van der Waals surface area (Å²) in [5, 5.41) is 3.22. The maximum atomic E-state index is 11.8. The lowest BCUT2D eigenvalue weighted by Crippen LogP contribution is -2.53. The van der Waals surface area contributed by atoms with Gasteiger partial charge in [-0.25, -0.2) is 8.42 Å². The van der Waals surface area contributed by atoms with Gasteiger partial charge in [0.2, 0.25) is 15.9 Å². The Morgan fingerprint density at radius 2 is 2.12 bits per heavy atom. The summed E-state index contributed by atoms with van der Waals surface area (Å²) in [4.78, 5) is 13.5. The summed E-state index contributed by atoms with van der Waals surface area (Å²) in [6.07, 6.45) is 1.10. The zero-order valence-corrected chi connectivity index (χ0v) is 12.0. The van der Waals surface area contributed by atoms with Gasteiger partial charge in [-0.1, -0.05) is 0 Å². The number of nitrogens with zero attached hydrogens (tertiary/aromatic N) is 2. The van der Waals surface area contributed by atoms with Crippen molar-refractivity contribution in [3.8, 4) is 0 Å². The molecule has 0 bridgehead atoms. The third-order valence-electron chi connectivity index (χ3n) is 2.65. The fourth-order valence-corrected chi connectivity index (χ4v) is 1.91. The van der Waals surface area contributed by atoms with Crippen LogP contribution < -0.4 is 5.32 Å². The van der Waals surface area contributed by atoms with Crippen LogP contribution in [-0.4, -0.2) is 69.1 Å². The van der Waals surface area contributed by atoms with Crippen molar-refractivity contribution in [2.75, 3.05) is 39.5 Å². The Labute approximate surface area is 109 Å². The molecule has 1 amide bonds. The molecule has 1 fully saturated rings. The molecule has 1 unspecified atom stereocenters. The Balaban J connectivity index is 0.00000256. The van der Waals surface area contributed by atoms with Gasteiger partial charge >= 0.3 is 0 Å². The third kappa shape index (κ3) is 5.20. The lowest BCUT2D eigenvalue weighted by atomic mass is 10.2. The van der Waals surface area contributed by atoms with Crippen molar-refractivity contribution in [1.82, 2.24) is 14.5 Å². The first-order valence-corrected chi connectivity index (χ1v) is 7.08. The number of rotatable bonds is 3. The van der Waals surface area contributed by atoms with Crippen molar-refractivity contribution in [2.24, 2.45) is 0 Å². The van der Waals surface area contributed by atoms with Gasteiger partial charge in [-0.15, -0.1) is 12.4 Å². The standard InChI is InChI=1S/C9H19N3O3S.ClH/c1-8-6-12(5-4-10-8)9(13)7-11(2)16(3,14)15;/h8,10H,4-7H2,1-3H3;1H. The van der Waals surface area contributed by atoms with Gasteiger partial charge in [0.1, 0.15) is 0 Å². The van der Waals surface area contributed by atoms with Crippen LogP contribution in [0.25, 0.3) is 0 Å². The van der Waals surface area contributed by atoms with Crippen LogP contribution in [0.1, 0.15) is 6.92 Å². The molecule has 1 saturated heterocycles. The minimum absolute atomic E-state index is 0. The molecule has 8 heteroatoms. The summed E-state index contributed by atoms with van der Waals surface area (Å²) in [5.41, 5.74) is 0. The van der Waals surface area contributed by atoms with E-state index in [2.05, 4.69) is 5.32 Å². The summed E-state index contributed by atoms with van der Waals surface area (Å²) in [6, 6.07) is 0.265. The molecule has 1 atom stereocenters. The highest BCUT2D eigenvalue weighted by Gasteiger charge is 2.23. The maximum absolute atomic E-state index is 11.8. The van der Waals surface area contributed by atoms with E-state index >= 15 is 0 Å². The first-order chi connectivity index (χ1) is 7.30. The number of nitrogens with one attached hydrogen (secondary N) is 1. The molecule has 1 N–H and O–H groups in total. The van der Waals surface area contributed by atoms with Gasteiger partial charge in [-0.2, -0.15) is 4.31 Å². The highest BCUT2D eigenvalue weighted by molar-refractivity contribution is 7.88. The quantitative estimate of drug-likeness (QED) is 0.731. The number of halogens is 1. The maximum Gasteiger partial charge on any atom is 0.237 e. The topological polar surface area (TPSA) is 69.7 Å². The van der Waals surface area contributed by atoms with Crippen molar-refractivity contribution in [1.29, 1.82) is 0 Å². The summed E-state index contributed by atoms with van der Waals surface area (Å²) in [7, 11) is -1.86. The zero-order valence-electron chi connectivity index (χ0n) is 10.3. The molecule has 0 spiro atoms. The number of likely N-dealkylation sites (N-methyl/N-ethyl adjacent to an activating group) is 1. The number of amides is 1. The summed E-state index contributed by atoms with van der Waals surface area (Å²) < 4.78 is 23.4. The van der Waals surface area contributed by atoms with E-state index in [-0.39, 0.29) is 30.9 Å². The number of hydrogen-bond acceptors (Lipinski definition) is 4. The van der Waals surface area contributed by atoms with Crippen LogP contribution in [-0.2, 0) is 14.8 Å². The molecular formula is C9H20ClN3O3S. The van der Waals surface area contributed by atoms with Crippen LogP contribution in [0.15, 0.2) is 0 Å². The van der Waals surface area contributed by atoms with E-state index in [0.29, 0.717) is 13.1 Å². The zero-order chi connectivity index (χ0) is 12.3. The smallest absolute Gasteiger partial charge is 0.237 e. The van der Waals surface area contributed by atoms with Crippen molar-refractivity contribution < 1.29 is 13.2 Å². The van der Waals surface area contributed by atoms with Gasteiger partial charge in [0.15, 0.2) is 0 Å². The molecule has 0 aromatic carbocycles. The van der Waals surface area contributed by atoms with Crippen molar-refractivity contribution >= 4 is 28.3 Å². The fourth-order valence-electron chi connectivity index (χ4n) is 1.57. The molecule has 1 aliphatic heterocycles. The predicted molar refractivity (Wildman–Crippen MR) is 68.8 cm³/mol. The van der Waals surface area contributed by atoms with E-state index < -0.39 is 10.0 Å². The Morgan fingerprint density at radius 1 is 1.53 bits per heavy atom. The van der Waals surface area contributed by atoms with Crippen LogP contribution in [0.3, 0.4) is 0 Å². The largest absolute Gasteiger partial charge is 0.339 e. The Morgan fingerprint density at radius 3 is 2.59 bits per heavy atom. The van der Waals surface area contributed by atoms with Gasteiger partial charge in [0.25, 0.3) is 0 Å². The molecule has 0 aromatic heterocycles. The first-order valence-electron chi connectivity index (χ1n) is 5.23. The molecule has 17 heavy (non-hydrogen) atoms. The second kappa shape index (κ2) is 6.53. The summed E-state index contributed by atoms with van der Waals surface area (Å²) in [6.45, 7) is 3.96. The van der Waals surface area contributed by atoms with Crippen LogP contribution >= 0.6 is 12.4 Å². The highest BCUT2D eigenvalue weighted by atomic mass is 35.5. The molecule has 0 radical (unpaired) electrons. The third-order valence-corrected chi connectivity index (χ3v) is 3.91. The summed E-state index contributed by atoms with van der Waals surface area (Å²) in [5.74, 6) is -0.138. The van der Waals surface area contributed by atoms with E-state index in [4.69, 9.17) is 0 Å². The molecule has 1 heterocycles. The SMILES string of the molecule is CC1CN(C(=O)CN(C)S(C)(=O)=O)CCN1.Cl. The fraction of sp³-hybridized carbons (Fsp3) is 0.889.